The maximum atomic E-state index is 4.17. The quantitative estimate of drug-likeness (QED) is 0.803. The molecule has 0 saturated heterocycles. The van der Waals surface area contributed by atoms with Crippen molar-refractivity contribution in [3.63, 3.8) is 0 Å². The largest absolute Gasteiger partial charge is 0.276 e. The highest BCUT2D eigenvalue weighted by molar-refractivity contribution is 9.10. The lowest BCUT2D eigenvalue weighted by atomic mass is 10.3. The van der Waals surface area contributed by atoms with Gasteiger partial charge >= 0.3 is 0 Å². The van der Waals surface area contributed by atoms with Gasteiger partial charge in [-0.25, -0.2) is 0 Å². The average Bonchev–Trinajstić information content (AvgIpc) is 2.57. The normalized spacial score (nSPS) is 10.1. The zero-order chi connectivity index (χ0) is 8.39. The maximum absolute atomic E-state index is 4.17. The van der Waals surface area contributed by atoms with E-state index in [1.807, 2.05) is 12.1 Å². The van der Waals surface area contributed by atoms with Gasteiger partial charge in [-0.2, -0.15) is 5.10 Å². The van der Waals surface area contributed by atoms with E-state index in [0.717, 1.165) is 15.9 Å². The van der Waals surface area contributed by atoms with E-state index < -0.39 is 0 Å². The van der Waals surface area contributed by atoms with Crippen LogP contribution in [0.1, 0.15) is 0 Å². The van der Waals surface area contributed by atoms with Crippen molar-refractivity contribution in [1.29, 1.82) is 0 Å². The molecule has 3 nitrogen and oxygen atoms in total. The number of hydrogen-bond acceptors (Lipinski definition) is 2. The topological polar surface area (TPSA) is 41.6 Å². The first-order valence-corrected chi connectivity index (χ1v) is 4.19. The van der Waals surface area contributed by atoms with Crippen LogP contribution < -0.4 is 0 Å². The third-order valence-corrected chi connectivity index (χ3v) is 2.09. The van der Waals surface area contributed by atoms with Crippen LogP contribution in [0.5, 0.6) is 0 Å². The summed E-state index contributed by atoms with van der Waals surface area (Å²) in [4.78, 5) is 4.17. The molecule has 0 fully saturated rings. The number of nitrogens with zero attached hydrogens (tertiary/aromatic N) is 2. The molecule has 2 rings (SSSR count). The van der Waals surface area contributed by atoms with Gasteiger partial charge in [-0.3, -0.25) is 10.1 Å². The fraction of sp³-hybridized carbons (Fsp3) is 0. The third-order valence-electron chi connectivity index (χ3n) is 1.45. The molecule has 0 spiro atoms. The molecule has 1 N–H and O–H groups in total. The summed E-state index contributed by atoms with van der Waals surface area (Å²) in [6, 6.07) is 5.55. The molecule has 0 aliphatic rings. The molecule has 0 saturated carbocycles. The molecule has 1 radical (unpaired) electrons. The number of halogens is 1. The second-order valence-corrected chi connectivity index (χ2v) is 3.09. The van der Waals surface area contributed by atoms with Crippen LogP contribution >= 0.6 is 15.9 Å². The Morgan fingerprint density at radius 2 is 2.42 bits per heavy atom. The summed E-state index contributed by atoms with van der Waals surface area (Å²) in [5, 5.41) is 6.59. The van der Waals surface area contributed by atoms with Gasteiger partial charge < -0.3 is 0 Å². The second kappa shape index (κ2) is 3.06. The molecule has 2 aromatic rings. The van der Waals surface area contributed by atoms with Crippen molar-refractivity contribution < 1.29 is 0 Å². The van der Waals surface area contributed by atoms with E-state index in [4.69, 9.17) is 0 Å². The van der Waals surface area contributed by atoms with Gasteiger partial charge in [-0.15, -0.1) is 0 Å². The molecular formula is C8H5BrN3. The lowest BCUT2D eigenvalue weighted by Gasteiger charge is -1.96. The Balaban J connectivity index is 2.55. The van der Waals surface area contributed by atoms with Gasteiger partial charge in [0.05, 0.1) is 6.20 Å². The summed E-state index contributed by atoms with van der Waals surface area (Å²) in [5.74, 6) is 0. The van der Waals surface area contributed by atoms with Gasteiger partial charge in [0.2, 0.25) is 0 Å². The van der Waals surface area contributed by atoms with Crippen LogP contribution in [0.4, 0.5) is 0 Å². The molecule has 0 aromatic carbocycles. The Labute approximate surface area is 78.0 Å². The van der Waals surface area contributed by atoms with Crippen LogP contribution in [0.25, 0.3) is 11.4 Å². The van der Waals surface area contributed by atoms with Gasteiger partial charge in [0.25, 0.3) is 0 Å². The van der Waals surface area contributed by atoms with Crippen molar-refractivity contribution in [2.24, 2.45) is 0 Å². The number of hydrogen-bond donors (Lipinski definition) is 1. The van der Waals surface area contributed by atoms with Crippen molar-refractivity contribution in [3.05, 3.63) is 35.1 Å². The molecule has 0 unspecified atom stereocenters. The number of H-pyrrole nitrogens is 1. The van der Waals surface area contributed by atoms with E-state index in [2.05, 4.69) is 37.3 Å². The lowest BCUT2D eigenvalue weighted by molar-refractivity contribution is 1.08. The van der Waals surface area contributed by atoms with Crippen molar-refractivity contribution in [3.8, 4) is 11.4 Å². The molecule has 0 bridgehead atoms. The Hall–Kier alpha value is -1.16. The summed E-state index contributed by atoms with van der Waals surface area (Å²) in [7, 11) is 0. The first-order valence-electron chi connectivity index (χ1n) is 3.40. The minimum absolute atomic E-state index is 0.794. The highest BCUT2D eigenvalue weighted by atomic mass is 79.9. The van der Waals surface area contributed by atoms with E-state index >= 15 is 0 Å². The van der Waals surface area contributed by atoms with E-state index in [9.17, 15) is 0 Å². The van der Waals surface area contributed by atoms with Crippen molar-refractivity contribution in [1.82, 2.24) is 15.2 Å². The van der Waals surface area contributed by atoms with Crippen molar-refractivity contribution in [2.75, 3.05) is 0 Å². The minimum Gasteiger partial charge on any atom is -0.276 e. The van der Waals surface area contributed by atoms with E-state index in [0.29, 0.717) is 0 Å². The summed E-state index contributed by atoms with van der Waals surface area (Å²) in [6.45, 7) is 0. The number of nitrogens with one attached hydrogen (secondary N) is 1. The van der Waals surface area contributed by atoms with Crippen LogP contribution in [0.3, 0.4) is 0 Å². The third kappa shape index (κ3) is 1.25. The maximum Gasteiger partial charge on any atom is 0.112 e. The lowest BCUT2D eigenvalue weighted by Crippen LogP contribution is -1.83. The molecule has 0 aliphatic carbocycles. The van der Waals surface area contributed by atoms with E-state index in [1.165, 1.54) is 0 Å². The first-order chi connectivity index (χ1) is 5.88. The number of pyridine rings is 1. The van der Waals surface area contributed by atoms with Crippen LogP contribution in [-0.2, 0) is 0 Å². The molecule has 0 aliphatic heterocycles. The fourth-order valence-corrected chi connectivity index (χ4v) is 1.38. The molecule has 59 valence electrons. The Kier molecular flexibility index (Phi) is 1.91. The number of rotatable bonds is 1. The van der Waals surface area contributed by atoms with Crippen LogP contribution in [-0.4, -0.2) is 15.2 Å². The molecule has 4 heteroatoms. The minimum atomic E-state index is 0.794. The summed E-state index contributed by atoms with van der Waals surface area (Å²) in [5.41, 5.74) is 1.62. The van der Waals surface area contributed by atoms with Gasteiger partial charge in [0.15, 0.2) is 0 Å². The zero-order valence-corrected chi connectivity index (χ0v) is 7.67. The summed E-state index contributed by atoms with van der Waals surface area (Å²) >= 11 is 3.39. The predicted octanol–water partition coefficient (Wildman–Crippen LogP) is 2.03. The standard InChI is InChI=1S/C8H5BrN3/c9-6-2-1-4-10-8(6)7-3-5-11-12-7/h1-4H,(H,11,12). The SMILES string of the molecule is Brc1cccnc1-c1c[c][nH]n1. The fourth-order valence-electron chi connectivity index (χ4n) is 0.921. The second-order valence-electron chi connectivity index (χ2n) is 2.23. The molecule has 12 heavy (non-hydrogen) atoms. The average molecular weight is 223 g/mol. The highest BCUT2D eigenvalue weighted by Gasteiger charge is 2.04. The van der Waals surface area contributed by atoms with Gasteiger partial charge in [-0.05, 0) is 34.1 Å². The molecule has 0 amide bonds. The molecular weight excluding hydrogens is 218 g/mol. The first kappa shape index (κ1) is 7.49. The predicted molar refractivity (Wildman–Crippen MR) is 48.4 cm³/mol. The van der Waals surface area contributed by atoms with E-state index in [1.54, 1.807) is 12.3 Å². The Bertz CT molecular complexity index is 370. The van der Waals surface area contributed by atoms with Crippen molar-refractivity contribution >= 4 is 15.9 Å². The Morgan fingerprint density at radius 3 is 3.08 bits per heavy atom. The smallest absolute Gasteiger partial charge is 0.112 e. The summed E-state index contributed by atoms with van der Waals surface area (Å²) < 4.78 is 0.936. The van der Waals surface area contributed by atoms with Gasteiger partial charge in [-0.1, -0.05) is 0 Å². The van der Waals surface area contributed by atoms with Gasteiger partial charge in [0.1, 0.15) is 11.4 Å². The van der Waals surface area contributed by atoms with Crippen LogP contribution in [0.2, 0.25) is 0 Å². The van der Waals surface area contributed by atoms with E-state index in [-0.39, 0.29) is 0 Å². The zero-order valence-electron chi connectivity index (χ0n) is 6.08. The number of aromatic nitrogens is 3. The molecule has 2 aromatic heterocycles. The van der Waals surface area contributed by atoms with Gasteiger partial charge in [0, 0.05) is 10.7 Å². The van der Waals surface area contributed by atoms with Crippen molar-refractivity contribution in [2.45, 2.75) is 0 Å². The summed E-state index contributed by atoms with van der Waals surface area (Å²) in [6.07, 6.45) is 4.49. The Morgan fingerprint density at radius 1 is 1.50 bits per heavy atom. The molecule has 0 atom stereocenters. The van der Waals surface area contributed by atoms with Crippen LogP contribution in [0.15, 0.2) is 28.9 Å². The molecule has 2 heterocycles. The number of aromatic amines is 1. The highest BCUT2D eigenvalue weighted by Crippen LogP contribution is 2.22. The monoisotopic (exact) mass is 222 g/mol. The van der Waals surface area contributed by atoms with Crippen LogP contribution in [0, 0.1) is 6.20 Å².